The highest BCUT2D eigenvalue weighted by Gasteiger charge is 2.00. The van der Waals surface area contributed by atoms with E-state index in [0.717, 1.165) is 0 Å². The summed E-state index contributed by atoms with van der Waals surface area (Å²) in [5, 5.41) is 3.44. The van der Waals surface area contributed by atoms with Crippen LogP contribution in [-0.4, -0.2) is 6.54 Å². The monoisotopic (exact) mass is 199 g/mol. The summed E-state index contributed by atoms with van der Waals surface area (Å²) in [4.78, 5) is 0. The first-order chi connectivity index (χ1) is 6.24. The van der Waals surface area contributed by atoms with Crippen molar-refractivity contribution in [2.75, 3.05) is 11.9 Å². The summed E-state index contributed by atoms with van der Waals surface area (Å²) in [5.74, 6) is -0.283. The fourth-order valence-corrected chi connectivity index (χ4v) is 1.09. The lowest BCUT2D eigenvalue weighted by Gasteiger charge is -2.04. The summed E-state index contributed by atoms with van der Waals surface area (Å²) >= 11 is 5.70. The molecule has 0 spiro atoms. The Morgan fingerprint density at radius 2 is 2.31 bits per heavy atom. The van der Waals surface area contributed by atoms with Crippen LogP contribution in [0.3, 0.4) is 0 Å². The molecule has 0 aliphatic heterocycles. The number of nitrogens with one attached hydrogen (secondary N) is 1. The first-order valence-corrected chi connectivity index (χ1v) is 4.42. The van der Waals surface area contributed by atoms with Gasteiger partial charge < -0.3 is 5.32 Å². The van der Waals surface area contributed by atoms with Crippen LogP contribution in [0.5, 0.6) is 0 Å². The first-order valence-electron chi connectivity index (χ1n) is 4.04. The number of benzene rings is 1. The summed E-state index contributed by atoms with van der Waals surface area (Å²) in [6.45, 7) is 2.52. The largest absolute Gasteiger partial charge is 0.379 e. The van der Waals surface area contributed by atoms with Crippen molar-refractivity contribution in [2.24, 2.45) is 0 Å². The van der Waals surface area contributed by atoms with Gasteiger partial charge in [0.15, 0.2) is 0 Å². The van der Waals surface area contributed by atoms with Gasteiger partial charge in [-0.25, -0.2) is 4.39 Å². The molecule has 70 valence electrons. The Balaban J connectivity index is 2.69. The third-order valence-corrected chi connectivity index (χ3v) is 1.81. The van der Waals surface area contributed by atoms with Gasteiger partial charge in [0, 0.05) is 11.6 Å². The molecule has 0 radical (unpaired) electrons. The lowest BCUT2D eigenvalue weighted by Crippen LogP contribution is -2.00. The summed E-state index contributed by atoms with van der Waals surface area (Å²) in [5.41, 5.74) is 0.436. The molecule has 0 aromatic heterocycles. The van der Waals surface area contributed by atoms with Crippen molar-refractivity contribution >= 4 is 17.3 Å². The molecule has 1 rings (SSSR count). The number of halogens is 2. The van der Waals surface area contributed by atoms with Crippen LogP contribution in [0, 0.1) is 5.82 Å². The summed E-state index contributed by atoms with van der Waals surface area (Å²) in [7, 11) is 0. The van der Waals surface area contributed by atoms with Crippen molar-refractivity contribution in [3.63, 3.8) is 0 Å². The van der Waals surface area contributed by atoms with E-state index in [0.29, 0.717) is 17.3 Å². The molecule has 0 unspecified atom stereocenters. The predicted octanol–water partition coefficient (Wildman–Crippen LogP) is 3.47. The number of anilines is 1. The van der Waals surface area contributed by atoms with E-state index in [9.17, 15) is 4.39 Å². The molecule has 13 heavy (non-hydrogen) atoms. The van der Waals surface area contributed by atoms with Gasteiger partial charge in [-0.3, -0.25) is 0 Å². The molecular weight excluding hydrogens is 189 g/mol. The van der Waals surface area contributed by atoms with Gasteiger partial charge in [0.25, 0.3) is 0 Å². The maximum absolute atomic E-state index is 13.1. The molecule has 0 saturated carbocycles. The second-order valence-electron chi connectivity index (χ2n) is 2.57. The number of hydrogen-bond donors (Lipinski definition) is 1. The molecular formula is C10H11ClFN. The average molecular weight is 200 g/mol. The maximum atomic E-state index is 13.1. The normalized spacial score (nSPS) is 10.7. The van der Waals surface area contributed by atoms with E-state index in [1.54, 1.807) is 6.07 Å². The molecule has 1 aromatic carbocycles. The number of hydrogen-bond acceptors (Lipinski definition) is 1. The van der Waals surface area contributed by atoms with Crippen molar-refractivity contribution < 1.29 is 4.39 Å². The van der Waals surface area contributed by atoms with Gasteiger partial charge in [0.05, 0.1) is 5.69 Å². The fraction of sp³-hybridized carbons (Fsp3) is 0.200. The van der Waals surface area contributed by atoms with Crippen LogP contribution in [0.4, 0.5) is 10.1 Å². The standard InChI is InChI=1S/C10H11ClFN/c1-2-3-6-13-10-7-8(11)4-5-9(10)12/h2-5,7,13H,6H2,1H3/b3-2+. The molecule has 0 aliphatic carbocycles. The van der Waals surface area contributed by atoms with Crippen LogP contribution in [0.25, 0.3) is 0 Å². The number of rotatable bonds is 3. The highest BCUT2D eigenvalue weighted by molar-refractivity contribution is 6.30. The highest BCUT2D eigenvalue weighted by atomic mass is 35.5. The van der Waals surface area contributed by atoms with Crippen LogP contribution < -0.4 is 5.32 Å². The first kappa shape index (κ1) is 10.1. The molecule has 0 bridgehead atoms. The van der Waals surface area contributed by atoms with Crippen molar-refractivity contribution in [2.45, 2.75) is 6.92 Å². The molecule has 0 saturated heterocycles. The van der Waals surface area contributed by atoms with Gasteiger partial charge in [0.2, 0.25) is 0 Å². The van der Waals surface area contributed by atoms with Crippen molar-refractivity contribution in [1.29, 1.82) is 0 Å². The Morgan fingerprint density at radius 3 is 3.00 bits per heavy atom. The van der Waals surface area contributed by atoms with Crippen LogP contribution >= 0.6 is 11.6 Å². The maximum Gasteiger partial charge on any atom is 0.146 e. The Labute approximate surface area is 82.2 Å². The van der Waals surface area contributed by atoms with Gasteiger partial charge in [0.1, 0.15) is 5.82 Å². The molecule has 1 nitrogen and oxygen atoms in total. The van der Waals surface area contributed by atoms with E-state index >= 15 is 0 Å². The van der Waals surface area contributed by atoms with Crippen LogP contribution in [-0.2, 0) is 0 Å². The van der Waals surface area contributed by atoms with Crippen molar-refractivity contribution in [3.05, 3.63) is 41.2 Å². The minimum absolute atomic E-state index is 0.283. The van der Waals surface area contributed by atoms with Gasteiger partial charge in [-0.1, -0.05) is 23.8 Å². The lowest BCUT2D eigenvalue weighted by atomic mass is 10.3. The van der Waals surface area contributed by atoms with E-state index in [1.807, 2.05) is 19.1 Å². The molecule has 0 heterocycles. The van der Waals surface area contributed by atoms with Crippen molar-refractivity contribution in [3.8, 4) is 0 Å². The quantitative estimate of drug-likeness (QED) is 0.736. The molecule has 0 fully saturated rings. The smallest absolute Gasteiger partial charge is 0.146 e. The average Bonchev–Trinajstić information content (AvgIpc) is 2.11. The van der Waals surface area contributed by atoms with Gasteiger partial charge in [-0.05, 0) is 25.1 Å². The van der Waals surface area contributed by atoms with Crippen molar-refractivity contribution in [1.82, 2.24) is 0 Å². The molecule has 0 amide bonds. The van der Waals surface area contributed by atoms with E-state index < -0.39 is 0 Å². The van der Waals surface area contributed by atoms with Gasteiger partial charge >= 0.3 is 0 Å². The third-order valence-electron chi connectivity index (χ3n) is 1.57. The molecule has 1 N–H and O–H groups in total. The van der Waals surface area contributed by atoms with E-state index in [2.05, 4.69) is 5.32 Å². The third kappa shape index (κ3) is 3.07. The highest BCUT2D eigenvalue weighted by Crippen LogP contribution is 2.18. The zero-order valence-electron chi connectivity index (χ0n) is 7.35. The van der Waals surface area contributed by atoms with E-state index in [1.165, 1.54) is 12.1 Å². The Bertz CT molecular complexity index is 310. The summed E-state index contributed by atoms with van der Waals surface area (Å²) in [6.07, 6.45) is 3.80. The van der Waals surface area contributed by atoms with E-state index in [4.69, 9.17) is 11.6 Å². The fourth-order valence-electron chi connectivity index (χ4n) is 0.920. The lowest BCUT2D eigenvalue weighted by molar-refractivity contribution is 0.631. The molecule has 1 aromatic rings. The second-order valence-corrected chi connectivity index (χ2v) is 3.01. The topological polar surface area (TPSA) is 12.0 Å². The second kappa shape index (κ2) is 4.87. The Morgan fingerprint density at radius 1 is 1.54 bits per heavy atom. The summed E-state index contributed by atoms with van der Waals surface area (Å²) < 4.78 is 13.1. The number of allylic oxidation sites excluding steroid dienone is 1. The zero-order chi connectivity index (χ0) is 9.68. The van der Waals surface area contributed by atoms with Crippen LogP contribution in [0.15, 0.2) is 30.4 Å². The molecule has 0 aliphatic rings. The minimum atomic E-state index is -0.283. The molecule has 0 atom stereocenters. The van der Waals surface area contributed by atoms with Gasteiger partial charge in [-0.2, -0.15) is 0 Å². The van der Waals surface area contributed by atoms with E-state index in [-0.39, 0.29) is 5.82 Å². The minimum Gasteiger partial charge on any atom is -0.379 e. The van der Waals surface area contributed by atoms with Crippen LogP contribution in [0.1, 0.15) is 6.92 Å². The Kier molecular flexibility index (Phi) is 3.77. The molecule has 3 heteroatoms. The summed E-state index contributed by atoms with van der Waals surface area (Å²) in [6, 6.07) is 4.44. The predicted molar refractivity (Wildman–Crippen MR) is 54.7 cm³/mol. The SMILES string of the molecule is C/C=C/CNc1cc(Cl)ccc1F. The Hall–Kier alpha value is -1.02. The van der Waals surface area contributed by atoms with Crippen LogP contribution in [0.2, 0.25) is 5.02 Å². The zero-order valence-corrected chi connectivity index (χ0v) is 8.11. The van der Waals surface area contributed by atoms with Gasteiger partial charge in [-0.15, -0.1) is 0 Å².